The van der Waals surface area contributed by atoms with Gasteiger partial charge in [-0.3, -0.25) is 10.0 Å². The van der Waals surface area contributed by atoms with Crippen LogP contribution in [0.2, 0.25) is 0 Å². The van der Waals surface area contributed by atoms with Crippen LogP contribution in [0, 0.1) is 0 Å². The summed E-state index contributed by atoms with van der Waals surface area (Å²) in [7, 11) is 0. The fourth-order valence-corrected chi connectivity index (χ4v) is 1.03. The van der Waals surface area contributed by atoms with Gasteiger partial charge in [0.05, 0.1) is 6.04 Å². The summed E-state index contributed by atoms with van der Waals surface area (Å²) < 4.78 is 0. The monoisotopic (exact) mass is 143 g/mol. The van der Waals surface area contributed by atoms with Crippen molar-refractivity contribution in [1.29, 1.82) is 0 Å². The lowest BCUT2D eigenvalue weighted by Gasteiger charge is -2.18. The Balaban J connectivity index is 2.39. The molecule has 1 rings (SSSR count). The molecule has 0 saturated carbocycles. The zero-order valence-electron chi connectivity index (χ0n) is 5.95. The van der Waals surface area contributed by atoms with E-state index in [4.69, 9.17) is 5.21 Å². The molecule has 0 spiro atoms. The molecule has 1 fully saturated rings. The standard InChI is InChI=1S/C6H11N2O2/c1-5(9)8(10)6-2-3-7-4-6/h6,10H,2-4H2,1H3. The second kappa shape index (κ2) is 2.98. The zero-order valence-corrected chi connectivity index (χ0v) is 5.95. The zero-order chi connectivity index (χ0) is 7.56. The van der Waals surface area contributed by atoms with Crippen molar-refractivity contribution in [3.63, 3.8) is 0 Å². The fraction of sp³-hybridized carbons (Fsp3) is 0.833. The highest BCUT2D eigenvalue weighted by molar-refractivity contribution is 5.72. The quantitative estimate of drug-likeness (QED) is 0.401. The number of hydrogen-bond donors (Lipinski definition) is 1. The maximum absolute atomic E-state index is 10.6. The first-order valence-corrected chi connectivity index (χ1v) is 3.33. The molecule has 0 aromatic carbocycles. The van der Waals surface area contributed by atoms with Gasteiger partial charge in [-0.15, -0.1) is 0 Å². The second-order valence-corrected chi connectivity index (χ2v) is 2.44. The highest BCUT2D eigenvalue weighted by Gasteiger charge is 2.23. The molecule has 4 nitrogen and oxygen atoms in total. The summed E-state index contributed by atoms with van der Waals surface area (Å²) in [5, 5.41) is 13.8. The third-order valence-electron chi connectivity index (χ3n) is 1.63. The van der Waals surface area contributed by atoms with Crippen molar-refractivity contribution in [3.05, 3.63) is 0 Å². The number of amides is 1. The predicted octanol–water partition coefficient (Wildman–Crippen LogP) is -0.399. The second-order valence-electron chi connectivity index (χ2n) is 2.44. The molecule has 57 valence electrons. The number of carbonyl (C=O) groups is 1. The lowest BCUT2D eigenvalue weighted by Crippen LogP contribution is -2.36. The number of hydroxylamine groups is 2. The van der Waals surface area contributed by atoms with Crippen LogP contribution >= 0.6 is 0 Å². The summed E-state index contributed by atoms with van der Waals surface area (Å²) in [5.74, 6) is -0.304. The van der Waals surface area contributed by atoms with Crippen LogP contribution in [0.5, 0.6) is 0 Å². The van der Waals surface area contributed by atoms with E-state index < -0.39 is 0 Å². The van der Waals surface area contributed by atoms with Crippen LogP contribution in [0.25, 0.3) is 0 Å². The molecular formula is C6H11N2O2. The topological polar surface area (TPSA) is 54.6 Å². The molecule has 1 saturated heterocycles. The molecule has 0 aromatic rings. The summed E-state index contributed by atoms with van der Waals surface area (Å²) in [5.41, 5.74) is 0. The third kappa shape index (κ3) is 1.46. The van der Waals surface area contributed by atoms with Gasteiger partial charge in [-0.2, -0.15) is 0 Å². The van der Waals surface area contributed by atoms with Crippen LogP contribution in [-0.4, -0.2) is 35.3 Å². The molecule has 1 amide bonds. The molecule has 1 N–H and O–H groups in total. The summed E-state index contributed by atoms with van der Waals surface area (Å²) in [6.07, 6.45) is 0.788. The fourth-order valence-electron chi connectivity index (χ4n) is 1.03. The van der Waals surface area contributed by atoms with Crippen molar-refractivity contribution in [1.82, 2.24) is 10.4 Å². The molecule has 1 radical (unpaired) electrons. The Morgan fingerprint density at radius 2 is 2.50 bits per heavy atom. The van der Waals surface area contributed by atoms with Crippen molar-refractivity contribution >= 4 is 5.91 Å². The maximum atomic E-state index is 10.6. The van der Waals surface area contributed by atoms with E-state index in [0.29, 0.717) is 6.54 Å². The van der Waals surface area contributed by atoms with Gasteiger partial charge < -0.3 is 0 Å². The normalized spacial score (nSPS) is 24.8. The minimum atomic E-state index is -0.304. The van der Waals surface area contributed by atoms with Crippen LogP contribution in [0.4, 0.5) is 0 Å². The molecule has 1 atom stereocenters. The Morgan fingerprint density at radius 1 is 1.80 bits per heavy atom. The summed E-state index contributed by atoms with van der Waals surface area (Å²) in [6.45, 7) is 2.68. The first kappa shape index (κ1) is 7.50. The molecule has 1 aliphatic rings. The van der Waals surface area contributed by atoms with Gasteiger partial charge in [0.15, 0.2) is 0 Å². The van der Waals surface area contributed by atoms with Gasteiger partial charge in [0.25, 0.3) is 0 Å². The maximum Gasteiger partial charge on any atom is 0.243 e. The molecule has 0 aromatic heterocycles. The Labute approximate surface area is 59.8 Å². The van der Waals surface area contributed by atoms with E-state index in [-0.39, 0.29) is 11.9 Å². The van der Waals surface area contributed by atoms with Crippen LogP contribution in [0.3, 0.4) is 0 Å². The highest BCUT2D eigenvalue weighted by atomic mass is 16.5. The lowest BCUT2D eigenvalue weighted by molar-refractivity contribution is -0.171. The third-order valence-corrected chi connectivity index (χ3v) is 1.63. The number of rotatable bonds is 1. The average Bonchev–Trinajstić information content (AvgIpc) is 2.36. The molecule has 1 aliphatic heterocycles. The van der Waals surface area contributed by atoms with Gasteiger partial charge in [-0.05, 0) is 6.42 Å². The van der Waals surface area contributed by atoms with Crippen molar-refractivity contribution in [2.45, 2.75) is 19.4 Å². The molecule has 4 heteroatoms. The summed E-state index contributed by atoms with van der Waals surface area (Å²) in [4.78, 5) is 10.6. The number of nitrogens with zero attached hydrogens (tertiary/aromatic N) is 2. The Bertz CT molecular complexity index is 132. The van der Waals surface area contributed by atoms with Gasteiger partial charge in [-0.1, -0.05) is 0 Å². The predicted molar refractivity (Wildman–Crippen MR) is 34.6 cm³/mol. The highest BCUT2D eigenvalue weighted by Crippen LogP contribution is 2.06. The van der Waals surface area contributed by atoms with Crippen molar-refractivity contribution in [2.75, 3.05) is 13.1 Å². The molecule has 0 aliphatic carbocycles. The first-order valence-electron chi connectivity index (χ1n) is 3.33. The van der Waals surface area contributed by atoms with Gasteiger partial charge in [0, 0.05) is 20.0 Å². The van der Waals surface area contributed by atoms with E-state index in [9.17, 15) is 4.79 Å². The molecule has 10 heavy (non-hydrogen) atoms. The first-order chi connectivity index (χ1) is 4.72. The lowest BCUT2D eigenvalue weighted by atomic mass is 10.2. The van der Waals surface area contributed by atoms with Crippen LogP contribution in [0.15, 0.2) is 0 Å². The van der Waals surface area contributed by atoms with E-state index in [1.54, 1.807) is 0 Å². The van der Waals surface area contributed by atoms with Crippen LogP contribution < -0.4 is 5.32 Å². The largest absolute Gasteiger partial charge is 0.286 e. The Kier molecular flexibility index (Phi) is 2.24. The SMILES string of the molecule is CC(=O)N(O)C1CC[N]C1. The summed E-state index contributed by atoms with van der Waals surface area (Å²) >= 11 is 0. The van der Waals surface area contributed by atoms with E-state index in [2.05, 4.69) is 5.32 Å². The van der Waals surface area contributed by atoms with Gasteiger partial charge in [0.1, 0.15) is 0 Å². The molecule has 1 unspecified atom stereocenters. The molecule has 0 bridgehead atoms. The van der Waals surface area contributed by atoms with Crippen molar-refractivity contribution in [2.24, 2.45) is 0 Å². The molecule has 1 heterocycles. The Morgan fingerprint density at radius 3 is 2.90 bits per heavy atom. The Hall–Kier alpha value is -0.610. The number of hydrogen-bond acceptors (Lipinski definition) is 2. The summed E-state index contributed by atoms with van der Waals surface area (Å²) in [6, 6.07) is -0.0718. The minimum absolute atomic E-state index is 0.0718. The average molecular weight is 143 g/mol. The minimum Gasteiger partial charge on any atom is -0.286 e. The smallest absolute Gasteiger partial charge is 0.243 e. The van der Waals surface area contributed by atoms with Crippen LogP contribution in [-0.2, 0) is 4.79 Å². The van der Waals surface area contributed by atoms with E-state index in [1.807, 2.05) is 0 Å². The van der Waals surface area contributed by atoms with Crippen molar-refractivity contribution in [3.8, 4) is 0 Å². The van der Waals surface area contributed by atoms with Gasteiger partial charge in [0.2, 0.25) is 5.91 Å². The molecular weight excluding hydrogens is 132 g/mol. The van der Waals surface area contributed by atoms with Crippen LogP contribution in [0.1, 0.15) is 13.3 Å². The number of carbonyl (C=O) groups excluding carboxylic acids is 1. The van der Waals surface area contributed by atoms with E-state index in [1.165, 1.54) is 6.92 Å². The van der Waals surface area contributed by atoms with Crippen molar-refractivity contribution < 1.29 is 10.0 Å². The van der Waals surface area contributed by atoms with E-state index in [0.717, 1.165) is 18.0 Å². The van der Waals surface area contributed by atoms with E-state index >= 15 is 0 Å². The van der Waals surface area contributed by atoms with Gasteiger partial charge >= 0.3 is 0 Å². The van der Waals surface area contributed by atoms with Gasteiger partial charge in [-0.25, -0.2) is 10.4 Å².